The predicted octanol–water partition coefficient (Wildman–Crippen LogP) is 18.6. The lowest BCUT2D eigenvalue weighted by Crippen LogP contribution is -2.26. The van der Waals surface area contributed by atoms with E-state index in [2.05, 4.69) is 291 Å². The lowest BCUT2D eigenvalue weighted by Gasteiger charge is -2.33. The van der Waals surface area contributed by atoms with Gasteiger partial charge in [-0.2, -0.15) is 0 Å². The van der Waals surface area contributed by atoms with Crippen molar-refractivity contribution in [2.75, 3.05) is 9.80 Å². The summed E-state index contributed by atoms with van der Waals surface area (Å²) in [4.78, 5) is 4.95. The van der Waals surface area contributed by atoms with Crippen LogP contribution in [0.2, 0.25) is 0 Å². The Kier molecular flexibility index (Phi) is 9.50. The van der Waals surface area contributed by atoms with E-state index in [9.17, 15) is 0 Å². The van der Waals surface area contributed by atoms with E-state index in [-0.39, 0.29) is 5.41 Å². The number of fused-ring (bicyclic) bond motifs is 13. The lowest BCUT2D eigenvalue weighted by atomic mass is 9.70. The molecule has 0 amide bonds. The fraction of sp³-hybridized carbons (Fsp3) is 0.0571. The van der Waals surface area contributed by atoms with Gasteiger partial charge in [-0.1, -0.05) is 214 Å². The second-order valence-electron chi connectivity index (χ2n) is 20.0. The van der Waals surface area contributed by atoms with Crippen LogP contribution in [0.1, 0.15) is 47.2 Å². The van der Waals surface area contributed by atoms with Gasteiger partial charge < -0.3 is 9.80 Å². The highest BCUT2D eigenvalue weighted by Gasteiger charge is 2.53. The average molecular weight is 919 g/mol. The van der Waals surface area contributed by atoms with Gasteiger partial charge >= 0.3 is 0 Å². The number of nitrogens with zero attached hydrogens (tertiary/aromatic N) is 2. The Morgan fingerprint density at radius 2 is 0.667 bits per heavy atom. The van der Waals surface area contributed by atoms with E-state index in [1.54, 1.807) is 0 Å². The van der Waals surface area contributed by atoms with Crippen molar-refractivity contribution in [2.24, 2.45) is 0 Å². The van der Waals surface area contributed by atoms with Gasteiger partial charge in [0.2, 0.25) is 0 Å². The van der Waals surface area contributed by atoms with E-state index in [1.165, 1.54) is 89.0 Å². The zero-order valence-electron chi connectivity index (χ0n) is 40.3. The summed E-state index contributed by atoms with van der Waals surface area (Å²) in [5.74, 6) is 0. The largest absolute Gasteiger partial charge is 0.310 e. The molecule has 72 heavy (non-hydrogen) atoms. The summed E-state index contributed by atoms with van der Waals surface area (Å²) >= 11 is 0. The number of para-hydroxylation sites is 1. The van der Waals surface area contributed by atoms with E-state index in [1.807, 2.05) is 0 Å². The van der Waals surface area contributed by atoms with Crippen LogP contribution in [0, 0.1) is 0 Å². The average Bonchev–Trinajstić information content (AvgIpc) is 4.01. The third kappa shape index (κ3) is 6.22. The van der Waals surface area contributed by atoms with E-state index >= 15 is 0 Å². The number of hydrogen-bond acceptors (Lipinski definition) is 2. The fourth-order valence-electron chi connectivity index (χ4n) is 12.7. The molecule has 2 heteroatoms. The first-order valence-corrected chi connectivity index (χ1v) is 25.2. The van der Waals surface area contributed by atoms with E-state index < -0.39 is 5.41 Å². The van der Waals surface area contributed by atoms with Crippen LogP contribution in [0.15, 0.2) is 267 Å². The maximum atomic E-state index is 2.51. The van der Waals surface area contributed by atoms with E-state index in [0.29, 0.717) is 0 Å². The molecule has 0 N–H and O–H groups in total. The minimum Gasteiger partial charge on any atom is -0.310 e. The van der Waals surface area contributed by atoms with Crippen LogP contribution in [-0.4, -0.2) is 0 Å². The Hall–Kier alpha value is -8.98. The molecule has 1 spiro atoms. The van der Waals surface area contributed by atoms with Crippen molar-refractivity contribution in [1.82, 2.24) is 0 Å². The van der Waals surface area contributed by atoms with Crippen LogP contribution in [0.25, 0.3) is 55.6 Å². The minimum absolute atomic E-state index is 0.135. The Bertz CT molecular complexity index is 3890. The first-order chi connectivity index (χ1) is 35.5. The molecule has 3 aliphatic carbocycles. The zero-order valence-corrected chi connectivity index (χ0v) is 40.3. The molecule has 0 heterocycles. The van der Waals surface area contributed by atoms with E-state index in [4.69, 9.17) is 0 Å². The van der Waals surface area contributed by atoms with Gasteiger partial charge in [0.1, 0.15) is 0 Å². The third-order valence-corrected chi connectivity index (χ3v) is 15.9. The SMILES string of the molecule is CC1(C)c2ccccc2-c2ccc(N(c3ccccc3)c3ccc4c(c3)C3(c5ccccc5-4)c4ccccc4-c4c(N(c5ccc(-c6ccccc6)cc5)c5cccc(-c6ccccc6)c5)cccc43)cc21. The van der Waals surface area contributed by atoms with Crippen molar-refractivity contribution in [3.63, 3.8) is 0 Å². The summed E-state index contributed by atoms with van der Waals surface area (Å²) in [6, 6.07) is 99.1. The maximum Gasteiger partial charge on any atom is 0.0727 e. The molecule has 1 unspecified atom stereocenters. The topological polar surface area (TPSA) is 6.48 Å². The Morgan fingerprint density at radius 3 is 1.35 bits per heavy atom. The molecule has 0 radical (unpaired) electrons. The number of anilines is 6. The van der Waals surface area contributed by atoms with Crippen LogP contribution < -0.4 is 9.80 Å². The molecule has 2 nitrogen and oxygen atoms in total. The molecule has 0 bridgehead atoms. The Morgan fingerprint density at radius 1 is 0.250 bits per heavy atom. The molecule has 1 atom stereocenters. The number of rotatable bonds is 8. The Balaban J connectivity index is 0.991. The van der Waals surface area contributed by atoms with Crippen molar-refractivity contribution >= 4 is 34.1 Å². The van der Waals surface area contributed by atoms with Crippen molar-refractivity contribution in [3.05, 3.63) is 300 Å². The lowest BCUT2D eigenvalue weighted by molar-refractivity contribution is 0.660. The van der Waals surface area contributed by atoms with Crippen molar-refractivity contribution < 1.29 is 0 Å². The number of hydrogen-bond donors (Lipinski definition) is 0. The van der Waals surface area contributed by atoms with Crippen LogP contribution >= 0.6 is 0 Å². The van der Waals surface area contributed by atoms with Gasteiger partial charge in [-0.3, -0.25) is 0 Å². The fourth-order valence-corrected chi connectivity index (χ4v) is 12.7. The Labute approximate surface area is 422 Å². The molecule has 14 rings (SSSR count). The highest BCUT2D eigenvalue weighted by Crippen LogP contribution is 2.65. The molecular formula is C70H50N2. The van der Waals surface area contributed by atoms with Crippen LogP contribution in [-0.2, 0) is 10.8 Å². The van der Waals surface area contributed by atoms with Crippen LogP contribution in [0.5, 0.6) is 0 Å². The first kappa shape index (κ1) is 41.9. The highest BCUT2D eigenvalue weighted by molar-refractivity contribution is 6.02. The molecular weight excluding hydrogens is 869 g/mol. The van der Waals surface area contributed by atoms with Gasteiger partial charge in [-0.05, 0) is 150 Å². The summed E-state index contributed by atoms with van der Waals surface area (Å²) in [7, 11) is 0. The predicted molar refractivity (Wildman–Crippen MR) is 301 cm³/mol. The smallest absolute Gasteiger partial charge is 0.0727 e. The summed E-state index contributed by atoms with van der Waals surface area (Å²) in [6.45, 7) is 4.74. The van der Waals surface area contributed by atoms with Gasteiger partial charge in [-0.25, -0.2) is 0 Å². The molecule has 11 aromatic rings. The minimum atomic E-state index is -0.595. The molecule has 0 fully saturated rings. The third-order valence-electron chi connectivity index (χ3n) is 15.9. The maximum absolute atomic E-state index is 2.51. The van der Waals surface area contributed by atoms with E-state index in [0.717, 1.165) is 34.1 Å². The summed E-state index contributed by atoms with van der Waals surface area (Å²) in [5, 5.41) is 0. The molecule has 0 saturated heterocycles. The first-order valence-electron chi connectivity index (χ1n) is 25.2. The normalized spacial score (nSPS) is 15.0. The van der Waals surface area contributed by atoms with Gasteiger partial charge in [-0.15, -0.1) is 0 Å². The summed E-state index contributed by atoms with van der Waals surface area (Å²) in [6.07, 6.45) is 0. The molecule has 0 saturated carbocycles. The van der Waals surface area contributed by atoms with Crippen molar-refractivity contribution in [1.29, 1.82) is 0 Å². The van der Waals surface area contributed by atoms with Crippen molar-refractivity contribution in [2.45, 2.75) is 24.7 Å². The summed E-state index contributed by atoms with van der Waals surface area (Å²) < 4.78 is 0. The quantitative estimate of drug-likeness (QED) is 0.150. The van der Waals surface area contributed by atoms with Gasteiger partial charge in [0, 0.05) is 39.4 Å². The van der Waals surface area contributed by atoms with Gasteiger partial charge in [0.15, 0.2) is 0 Å². The monoisotopic (exact) mass is 918 g/mol. The summed E-state index contributed by atoms with van der Waals surface area (Å²) in [5.41, 5.74) is 26.4. The van der Waals surface area contributed by atoms with Gasteiger partial charge in [0.25, 0.3) is 0 Å². The molecule has 0 aliphatic heterocycles. The van der Waals surface area contributed by atoms with Crippen molar-refractivity contribution in [3.8, 4) is 55.6 Å². The van der Waals surface area contributed by atoms with Crippen LogP contribution in [0.4, 0.5) is 34.1 Å². The zero-order chi connectivity index (χ0) is 48.0. The molecule has 340 valence electrons. The standard InChI is InChI=1S/C70H50N2/c1-69(2)61-31-15-12-28-56(61)58-42-40-54(45-65(58)69)71(51-25-10-5-11-26-51)55-41-43-59-57-29-13-16-32-62(57)70(66(59)46-55)63-33-17-14-30-60(63)68-64(70)34-19-35-67(68)72(52-38-36-49(37-39-52)47-20-6-3-7-21-47)53-27-18-24-50(44-53)48-22-8-4-9-23-48/h3-46H,1-2H3. The molecule has 3 aliphatic rings. The van der Waals surface area contributed by atoms with Crippen LogP contribution in [0.3, 0.4) is 0 Å². The van der Waals surface area contributed by atoms with Gasteiger partial charge in [0.05, 0.1) is 11.1 Å². The second kappa shape index (κ2) is 16.3. The second-order valence-corrected chi connectivity index (χ2v) is 20.0. The number of benzene rings is 11. The highest BCUT2D eigenvalue weighted by atomic mass is 15.2. The molecule has 11 aromatic carbocycles. The molecule has 0 aromatic heterocycles.